The lowest BCUT2D eigenvalue weighted by molar-refractivity contribution is 0.206. The summed E-state index contributed by atoms with van der Waals surface area (Å²) in [4.78, 5) is 2.49. The van der Waals surface area contributed by atoms with E-state index in [1.54, 1.807) is 0 Å². The van der Waals surface area contributed by atoms with Gasteiger partial charge < -0.3 is 4.52 Å². The van der Waals surface area contributed by atoms with E-state index in [4.69, 9.17) is 4.52 Å². The quantitative estimate of drug-likeness (QED) is 0.786. The molecule has 1 atom stereocenters. The van der Waals surface area contributed by atoms with Crippen molar-refractivity contribution in [2.24, 2.45) is 0 Å². The van der Waals surface area contributed by atoms with Gasteiger partial charge in [-0.1, -0.05) is 53.1 Å². The van der Waals surface area contributed by atoms with Gasteiger partial charge in [-0.2, -0.15) is 0 Å². The number of benzene rings is 1. The number of halogens is 1. The van der Waals surface area contributed by atoms with Crippen molar-refractivity contribution < 1.29 is 4.52 Å². The number of hydrogen-bond donors (Lipinski definition) is 0. The van der Waals surface area contributed by atoms with Crippen molar-refractivity contribution in [1.29, 1.82) is 0 Å². The van der Waals surface area contributed by atoms with Crippen LogP contribution >= 0.6 is 15.9 Å². The first-order valence-electron chi connectivity index (χ1n) is 7.59. The minimum absolute atomic E-state index is 0.358. The van der Waals surface area contributed by atoms with Gasteiger partial charge in [0, 0.05) is 17.1 Å². The summed E-state index contributed by atoms with van der Waals surface area (Å²) in [5.41, 5.74) is 2.38. The van der Waals surface area contributed by atoms with Crippen molar-refractivity contribution in [3.05, 3.63) is 51.8 Å². The number of aromatic nitrogens is 1. The molecular formula is C17H21BrN2O. The molecular weight excluding hydrogens is 328 g/mol. The summed E-state index contributed by atoms with van der Waals surface area (Å²) in [6, 6.07) is 10.9. The van der Waals surface area contributed by atoms with E-state index in [2.05, 4.69) is 70.2 Å². The number of hydrogen-bond acceptors (Lipinski definition) is 3. The van der Waals surface area contributed by atoms with Crippen LogP contribution in [0.4, 0.5) is 0 Å². The normalized spacial score (nSPS) is 19.5. The first-order chi connectivity index (χ1) is 10.1. The first-order valence-corrected chi connectivity index (χ1v) is 8.38. The van der Waals surface area contributed by atoms with E-state index >= 15 is 0 Å². The van der Waals surface area contributed by atoms with Crippen LogP contribution in [-0.2, 0) is 6.54 Å². The third-order valence-corrected chi connectivity index (χ3v) is 4.94. The van der Waals surface area contributed by atoms with E-state index in [1.165, 1.54) is 16.5 Å². The van der Waals surface area contributed by atoms with Gasteiger partial charge in [-0.15, -0.1) is 0 Å². The molecule has 1 saturated heterocycles. The second-order valence-electron chi connectivity index (χ2n) is 6.03. The molecule has 1 aliphatic heterocycles. The Bertz CT molecular complexity index is 608. The second kappa shape index (κ2) is 6.32. The third-order valence-electron chi connectivity index (χ3n) is 4.16. The Balaban J connectivity index is 1.77. The molecule has 0 amide bonds. The first kappa shape index (κ1) is 14.8. The van der Waals surface area contributed by atoms with Crippen molar-refractivity contribution in [3.8, 4) is 0 Å². The van der Waals surface area contributed by atoms with Crippen molar-refractivity contribution in [2.45, 2.75) is 45.2 Å². The highest BCUT2D eigenvalue weighted by Gasteiger charge is 2.29. The lowest BCUT2D eigenvalue weighted by atomic mass is 10.1. The Morgan fingerprint density at radius 1 is 1.38 bits per heavy atom. The molecule has 1 aliphatic rings. The molecule has 3 nitrogen and oxygen atoms in total. The Hall–Kier alpha value is -1.13. The van der Waals surface area contributed by atoms with Gasteiger partial charge in [0.15, 0.2) is 5.76 Å². The van der Waals surface area contributed by atoms with Gasteiger partial charge in [-0.25, -0.2) is 0 Å². The average Bonchev–Trinajstić information content (AvgIpc) is 3.09. The summed E-state index contributed by atoms with van der Waals surface area (Å²) in [6.07, 6.45) is 2.37. The molecule has 1 fully saturated rings. The van der Waals surface area contributed by atoms with Gasteiger partial charge in [-0.3, -0.25) is 4.90 Å². The highest BCUT2D eigenvalue weighted by molar-refractivity contribution is 9.10. The molecule has 21 heavy (non-hydrogen) atoms. The lowest BCUT2D eigenvalue weighted by Gasteiger charge is -2.22. The molecule has 0 aliphatic carbocycles. The predicted molar refractivity (Wildman–Crippen MR) is 87.1 cm³/mol. The highest BCUT2D eigenvalue weighted by Crippen LogP contribution is 2.35. The maximum Gasteiger partial charge on any atom is 0.154 e. The summed E-state index contributed by atoms with van der Waals surface area (Å²) < 4.78 is 6.78. The van der Waals surface area contributed by atoms with Gasteiger partial charge >= 0.3 is 0 Å². The van der Waals surface area contributed by atoms with Gasteiger partial charge in [0.25, 0.3) is 0 Å². The van der Waals surface area contributed by atoms with Gasteiger partial charge in [0.05, 0.1) is 11.7 Å². The van der Waals surface area contributed by atoms with E-state index in [0.29, 0.717) is 12.0 Å². The monoisotopic (exact) mass is 348 g/mol. The molecule has 3 rings (SSSR count). The zero-order valence-corrected chi connectivity index (χ0v) is 14.1. The van der Waals surface area contributed by atoms with Crippen molar-refractivity contribution in [3.63, 3.8) is 0 Å². The maximum absolute atomic E-state index is 5.60. The molecule has 1 aromatic carbocycles. The second-order valence-corrected chi connectivity index (χ2v) is 6.88. The molecule has 0 N–H and O–H groups in total. The Morgan fingerprint density at radius 3 is 2.90 bits per heavy atom. The fourth-order valence-electron chi connectivity index (χ4n) is 2.92. The van der Waals surface area contributed by atoms with Crippen LogP contribution < -0.4 is 0 Å². The van der Waals surface area contributed by atoms with E-state index in [1.807, 2.05) is 0 Å². The fraction of sp³-hybridized carbons (Fsp3) is 0.471. The molecule has 1 unspecified atom stereocenters. The van der Waals surface area contributed by atoms with Gasteiger partial charge in [0.2, 0.25) is 0 Å². The number of likely N-dealkylation sites (tertiary alicyclic amines) is 1. The molecule has 0 radical (unpaired) electrons. The summed E-state index contributed by atoms with van der Waals surface area (Å²) in [6.45, 7) is 6.36. The number of nitrogens with zero attached hydrogens (tertiary/aromatic N) is 2. The van der Waals surface area contributed by atoms with Crippen molar-refractivity contribution in [1.82, 2.24) is 10.1 Å². The lowest BCUT2D eigenvalue weighted by Crippen LogP contribution is -2.22. The molecule has 0 saturated carbocycles. The van der Waals surface area contributed by atoms with Crippen LogP contribution in [0, 0.1) is 0 Å². The van der Waals surface area contributed by atoms with Crippen LogP contribution in [0.3, 0.4) is 0 Å². The molecule has 112 valence electrons. The zero-order valence-electron chi connectivity index (χ0n) is 12.6. The van der Waals surface area contributed by atoms with Crippen LogP contribution in [0.25, 0.3) is 0 Å². The van der Waals surface area contributed by atoms with Crippen LogP contribution in [0.5, 0.6) is 0 Å². The van der Waals surface area contributed by atoms with Crippen molar-refractivity contribution in [2.75, 3.05) is 6.54 Å². The molecule has 2 heterocycles. The minimum Gasteiger partial charge on any atom is -0.359 e. The SMILES string of the molecule is CC(C)c1cc(C2CCCN2Cc2ccccc2Br)on1. The molecule has 1 aromatic heterocycles. The topological polar surface area (TPSA) is 29.3 Å². The van der Waals surface area contributed by atoms with Crippen LogP contribution in [0.1, 0.15) is 55.7 Å². The van der Waals surface area contributed by atoms with E-state index in [0.717, 1.165) is 31.0 Å². The summed E-state index contributed by atoms with van der Waals surface area (Å²) in [5, 5.41) is 4.21. The molecule has 2 aromatic rings. The van der Waals surface area contributed by atoms with Crippen LogP contribution in [-0.4, -0.2) is 16.6 Å². The molecule has 4 heteroatoms. The average molecular weight is 349 g/mol. The van der Waals surface area contributed by atoms with Crippen molar-refractivity contribution >= 4 is 15.9 Å². The van der Waals surface area contributed by atoms with Gasteiger partial charge in [0.1, 0.15) is 0 Å². The van der Waals surface area contributed by atoms with E-state index in [-0.39, 0.29) is 0 Å². The van der Waals surface area contributed by atoms with Crippen LogP contribution in [0.2, 0.25) is 0 Å². The predicted octanol–water partition coefficient (Wildman–Crippen LogP) is 4.90. The third kappa shape index (κ3) is 3.22. The summed E-state index contributed by atoms with van der Waals surface area (Å²) in [5.74, 6) is 1.43. The standard InChI is InChI=1S/C17H21BrN2O/c1-12(2)15-10-17(21-19-15)16-8-5-9-20(16)11-13-6-3-4-7-14(13)18/h3-4,6-7,10,12,16H,5,8-9,11H2,1-2H3. The smallest absolute Gasteiger partial charge is 0.154 e. The summed E-state index contributed by atoms with van der Waals surface area (Å²) in [7, 11) is 0. The zero-order chi connectivity index (χ0) is 14.8. The Kier molecular flexibility index (Phi) is 4.45. The molecule has 0 spiro atoms. The largest absolute Gasteiger partial charge is 0.359 e. The Morgan fingerprint density at radius 2 is 2.19 bits per heavy atom. The molecule has 0 bridgehead atoms. The van der Waals surface area contributed by atoms with E-state index < -0.39 is 0 Å². The van der Waals surface area contributed by atoms with Crippen LogP contribution in [0.15, 0.2) is 39.3 Å². The minimum atomic E-state index is 0.358. The maximum atomic E-state index is 5.60. The van der Waals surface area contributed by atoms with E-state index in [9.17, 15) is 0 Å². The van der Waals surface area contributed by atoms with Gasteiger partial charge in [-0.05, 0) is 36.9 Å². The highest BCUT2D eigenvalue weighted by atomic mass is 79.9. The fourth-order valence-corrected chi connectivity index (χ4v) is 3.33. The summed E-state index contributed by atoms with van der Waals surface area (Å²) >= 11 is 3.64. The Labute approximate surface area is 134 Å². The number of rotatable bonds is 4.